The summed E-state index contributed by atoms with van der Waals surface area (Å²) in [6.45, 7) is 5.96. The lowest BCUT2D eigenvalue weighted by molar-refractivity contribution is -0.119. The molecule has 0 N–H and O–H groups in total. The lowest BCUT2D eigenvalue weighted by Crippen LogP contribution is -2.31. The van der Waals surface area contributed by atoms with Crippen LogP contribution in [0.3, 0.4) is 0 Å². The van der Waals surface area contributed by atoms with Crippen molar-refractivity contribution in [3.05, 3.63) is 63.5 Å². The number of amides is 2. The molecule has 0 aliphatic carbocycles. The molecular formula is C21H20ClNO3S. The van der Waals surface area contributed by atoms with Crippen LogP contribution in [0.25, 0.3) is 5.57 Å². The lowest BCUT2D eigenvalue weighted by atomic mass is 10.0. The zero-order valence-electron chi connectivity index (χ0n) is 15.6. The van der Waals surface area contributed by atoms with Crippen LogP contribution in [0.5, 0.6) is 5.75 Å². The average Bonchev–Trinajstić information content (AvgIpc) is 2.85. The Morgan fingerprint density at radius 3 is 2.30 bits per heavy atom. The van der Waals surface area contributed by atoms with Crippen molar-refractivity contribution in [2.75, 3.05) is 12.0 Å². The first-order valence-electron chi connectivity index (χ1n) is 8.53. The Balaban J connectivity index is 2.15. The number of carbonyl (C=O) groups excluding carboxylic acids is 2. The third kappa shape index (κ3) is 3.75. The van der Waals surface area contributed by atoms with Crippen molar-refractivity contribution in [1.82, 2.24) is 0 Å². The number of hydrogen-bond donors (Lipinski definition) is 0. The van der Waals surface area contributed by atoms with Crippen LogP contribution >= 0.6 is 23.4 Å². The second kappa shape index (κ2) is 7.79. The molecule has 3 rings (SSSR count). The van der Waals surface area contributed by atoms with E-state index in [0.717, 1.165) is 16.0 Å². The summed E-state index contributed by atoms with van der Waals surface area (Å²) in [5, 5.41) is 0.576. The van der Waals surface area contributed by atoms with Gasteiger partial charge in [0, 0.05) is 10.3 Å². The first-order valence-corrected chi connectivity index (χ1v) is 9.79. The average molecular weight is 402 g/mol. The van der Waals surface area contributed by atoms with E-state index in [9.17, 15) is 9.59 Å². The quantitative estimate of drug-likeness (QED) is 0.655. The van der Waals surface area contributed by atoms with E-state index in [1.54, 1.807) is 18.2 Å². The van der Waals surface area contributed by atoms with Crippen molar-refractivity contribution in [2.24, 2.45) is 0 Å². The SMILES string of the molecule is COc1ccc(Cl)cc1N1C(=O)C(SC(C)C)=C(c2ccc(C)cc2)C1=O. The van der Waals surface area contributed by atoms with Crippen LogP contribution in [-0.4, -0.2) is 24.2 Å². The summed E-state index contributed by atoms with van der Waals surface area (Å²) in [6, 6.07) is 12.5. The molecule has 1 heterocycles. The molecule has 0 spiro atoms. The van der Waals surface area contributed by atoms with E-state index in [0.29, 0.717) is 26.9 Å². The zero-order valence-corrected chi connectivity index (χ0v) is 17.1. The van der Waals surface area contributed by atoms with Gasteiger partial charge in [-0.05, 0) is 30.7 Å². The highest BCUT2D eigenvalue weighted by Gasteiger charge is 2.41. The minimum absolute atomic E-state index is 0.151. The molecule has 0 bridgehead atoms. The fourth-order valence-electron chi connectivity index (χ4n) is 2.89. The molecule has 2 aromatic carbocycles. The van der Waals surface area contributed by atoms with Crippen LogP contribution in [0.15, 0.2) is 47.4 Å². The molecular weight excluding hydrogens is 382 g/mol. The standard InChI is InChI=1S/C21H20ClNO3S/c1-12(2)27-19-18(14-7-5-13(3)6-8-14)20(24)23(21(19)25)16-11-15(22)9-10-17(16)26-4/h5-12H,1-4H3. The van der Waals surface area contributed by atoms with Crippen molar-refractivity contribution in [3.63, 3.8) is 0 Å². The molecule has 27 heavy (non-hydrogen) atoms. The normalized spacial score (nSPS) is 14.5. The summed E-state index contributed by atoms with van der Waals surface area (Å²) >= 11 is 7.51. The monoisotopic (exact) mass is 401 g/mol. The number of nitrogens with zero attached hydrogens (tertiary/aromatic N) is 1. The first-order chi connectivity index (χ1) is 12.8. The second-order valence-electron chi connectivity index (χ2n) is 6.50. The van der Waals surface area contributed by atoms with Gasteiger partial charge in [-0.1, -0.05) is 55.3 Å². The Morgan fingerprint density at radius 1 is 1.04 bits per heavy atom. The van der Waals surface area contributed by atoms with E-state index in [4.69, 9.17) is 16.3 Å². The maximum Gasteiger partial charge on any atom is 0.272 e. The van der Waals surface area contributed by atoms with Crippen LogP contribution in [-0.2, 0) is 9.59 Å². The largest absolute Gasteiger partial charge is 0.495 e. The van der Waals surface area contributed by atoms with Gasteiger partial charge in [-0.15, -0.1) is 11.8 Å². The predicted molar refractivity (Wildman–Crippen MR) is 111 cm³/mol. The van der Waals surface area contributed by atoms with Gasteiger partial charge in [0.1, 0.15) is 5.75 Å². The van der Waals surface area contributed by atoms with Gasteiger partial charge in [0.05, 0.1) is 23.3 Å². The fourth-order valence-corrected chi connectivity index (χ4v) is 4.04. The third-order valence-corrected chi connectivity index (χ3v) is 5.44. The molecule has 2 aromatic rings. The fraction of sp³-hybridized carbons (Fsp3) is 0.238. The number of anilines is 1. The van der Waals surface area contributed by atoms with Crippen molar-refractivity contribution in [3.8, 4) is 5.75 Å². The predicted octanol–water partition coefficient (Wildman–Crippen LogP) is 5.08. The maximum absolute atomic E-state index is 13.3. The first kappa shape index (κ1) is 19.5. The molecule has 0 aromatic heterocycles. The number of imide groups is 1. The van der Waals surface area contributed by atoms with Crippen LogP contribution in [0.1, 0.15) is 25.0 Å². The van der Waals surface area contributed by atoms with Crippen molar-refractivity contribution in [1.29, 1.82) is 0 Å². The number of methoxy groups -OCH3 is 1. The van der Waals surface area contributed by atoms with E-state index in [-0.39, 0.29) is 17.1 Å². The molecule has 0 saturated carbocycles. The topological polar surface area (TPSA) is 46.6 Å². The molecule has 4 nitrogen and oxygen atoms in total. The minimum Gasteiger partial charge on any atom is -0.495 e. The van der Waals surface area contributed by atoms with Gasteiger partial charge in [0.2, 0.25) is 0 Å². The van der Waals surface area contributed by atoms with Gasteiger partial charge in [0.15, 0.2) is 0 Å². The van der Waals surface area contributed by atoms with E-state index < -0.39 is 0 Å². The Bertz CT molecular complexity index is 935. The van der Waals surface area contributed by atoms with Crippen molar-refractivity contribution in [2.45, 2.75) is 26.0 Å². The van der Waals surface area contributed by atoms with Crippen LogP contribution in [0.4, 0.5) is 5.69 Å². The molecule has 0 unspecified atom stereocenters. The molecule has 140 valence electrons. The van der Waals surface area contributed by atoms with E-state index in [2.05, 4.69) is 0 Å². The Labute approximate surface area is 168 Å². The number of rotatable bonds is 5. The summed E-state index contributed by atoms with van der Waals surface area (Å²) in [4.78, 5) is 28.1. The summed E-state index contributed by atoms with van der Waals surface area (Å²) in [7, 11) is 1.50. The maximum atomic E-state index is 13.3. The molecule has 0 saturated heterocycles. The van der Waals surface area contributed by atoms with Gasteiger partial charge in [-0.25, -0.2) is 4.90 Å². The van der Waals surface area contributed by atoms with E-state index >= 15 is 0 Å². The van der Waals surface area contributed by atoms with Gasteiger partial charge in [-0.3, -0.25) is 9.59 Å². The van der Waals surface area contributed by atoms with Gasteiger partial charge < -0.3 is 4.74 Å². The lowest BCUT2D eigenvalue weighted by Gasteiger charge is -2.18. The molecule has 2 amide bonds. The van der Waals surface area contributed by atoms with Gasteiger partial charge in [0.25, 0.3) is 11.8 Å². The number of carbonyl (C=O) groups is 2. The van der Waals surface area contributed by atoms with E-state index in [1.807, 2.05) is 45.0 Å². The number of ether oxygens (including phenoxy) is 1. The molecule has 1 aliphatic heterocycles. The summed E-state index contributed by atoms with van der Waals surface area (Å²) in [5.41, 5.74) is 2.58. The van der Waals surface area contributed by atoms with E-state index in [1.165, 1.54) is 18.9 Å². The van der Waals surface area contributed by atoms with Gasteiger partial charge in [-0.2, -0.15) is 0 Å². The highest BCUT2D eigenvalue weighted by molar-refractivity contribution is 8.04. The second-order valence-corrected chi connectivity index (χ2v) is 8.52. The Hall–Kier alpha value is -2.24. The number of aryl methyl sites for hydroxylation is 1. The molecule has 1 aliphatic rings. The van der Waals surface area contributed by atoms with Crippen LogP contribution in [0, 0.1) is 6.92 Å². The molecule has 0 atom stereocenters. The molecule has 0 radical (unpaired) electrons. The van der Waals surface area contributed by atoms with Gasteiger partial charge >= 0.3 is 0 Å². The smallest absolute Gasteiger partial charge is 0.272 e. The minimum atomic E-state index is -0.368. The number of benzene rings is 2. The van der Waals surface area contributed by atoms with Crippen LogP contribution < -0.4 is 9.64 Å². The number of thioether (sulfide) groups is 1. The van der Waals surface area contributed by atoms with Crippen LogP contribution in [0.2, 0.25) is 5.02 Å². The number of hydrogen-bond acceptors (Lipinski definition) is 4. The van der Waals surface area contributed by atoms with Crippen molar-refractivity contribution < 1.29 is 14.3 Å². The Kier molecular flexibility index (Phi) is 5.63. The zero-order chi connectivity index (χ0) is 19.7. The molecule has 6 heteroatoms. The third-order valence-electron chi connectivity index (χ3n) is 4.12. The summed E-state index contributed by atoms with van der Waals surface area (Å²) < 4.78 is 5.35. The number of halogens is 1. The summed E-state index contributed by atoms with van der Waals surface area (Å²) in [6.07, 6.45) is 0. The summed E-state index contributed by atoms with van der Waals surface area (Å²) in [5.74, 6) is -0.303. The van der Waals surface area contributed by atoms with Crippen molar-refractivity contribution >= 4 is 46.4 Å². The molecule has 0 fully saturated rings. The Morgan fingerprint density at radius 2 is 1.70 bits per heavy atom. The highest BCUT2D eigenvalue weighted by atomic mass is 35.5. The highest BCUT2D eigenvalue weighted by Crippen LogP contribution is 2.43.